The molecule has 1 heterocycles. The predicted molar refractivity (Wildman–Crippen MR) is 39.0 cm³/mol. The summed E-state index contributed by atoms with van der Waals surface area (Å²) in [5, 5.41) is 9.27. The number of aliphatic hydroxyl groups excluding tert-OH is 1. The lowest BCUT2D eigenvalue weighted by Gasteiger charge is -2.02. The van der Waals surface area contributed by atoms with Gasteiger partial charge in [0.15, 0.2) is 0 Å². The van der Waals surface area contributed by atoms with Crippen LogP contribution in [0.1, 0.15) is 25.2 Å². The van der Waals surface area contributed by atoms with Gasteiger partial charge in [-0.1, -0.05) is 0 Å². The molecule has 0 aliphatic carbocycles. The van der Waals surface area contributed by atoms with Gasteiger partial charge in [0.25, 0.3) is 0 Å². The van der Waals surface area contributed by atoms with Gasteiger partial charge >= 0.3 is 0 Å². The third kappa shape index (κ3) is 2.20. The van der Waals surface area contributed by atoms with E-state index in [2.05, 4.69) is 0 Å². The van der Waals surface area contributed by atoms with Crippen LogP contribution >= 0.6 is 0 Å². The Labute approximate surface area is 64.6 Å². The van der Waals surface area contributed by atoms with Crippen molar-refractivity contribution in [2.24, 2.45) is 0 Å². The number of ketones is 1. The summed E-state index contributed by atoms with van der Waals surface area (Å²) in [7, 11) is 0. The minimum absolute atomic E-state index is 0.0473. The van der Waals surface area contributed by atoms with Crippen LogP contribution in [0.15, 0.2) is 22.8 Å². The van der Waals surface area contributed by atoms with Crippen LogP contribution in [0.5, 0.6) is 0 Å². The van der Waals surface area contributed by atoms with Crippen molar-refractivity contribution in [2.75, 3.05) is 0 Å². The molecule has 3 heteroatoms. The summed E-state index contributed by atoms with van der Waals surface area (Å²) in [5.41, 5.74) is 0. The lowest BCUT2D eigenvalue weighted by atomic mass is 10.1. The maximum atomic E-state index is 10.5. The van der Waals surface area contributed by atoms with Crippen molar-refractivity contribution in [2.45, 2.75) is 19.4 Å². The molecule has 0 unspecified atom stereocenters. The van der Waals surface area contributed by atoms with E-state index in [0.717, 1.165) is 0 Å². The Bertz CT molecular complexity index is 225. The monoisotopic (exact) mass is 154 g/mol. The van der Waals surface area contributed by atoms with Crippen LogP contribution in [0.2, 0.25) is 0 Å². The summed E-state index contributed by atoms with van der Waals surface area (Å²) in [6.07, 6.45) is 0.800. The fourth-order valence-corrected chi connectivity index (χ4v) is 0.854. The number of hydrogen-bond donors (Lipinski definition) is 1. The summed E-state index contributed by atoms with van der Waals surface area (Å²) in [4.78, 5) is 10.5. The van der Waals surface area contributed by atoms with Crippen molar-refractivity contribution in [3.05, 3.63) is 24.2 Å². The average Bonchev–Trinajstić information content (AvgIpc) is 2.35. The maximum Gasteiger partial charge on any atom is 0.132 e. The molecule has 0 amide bonds. The molecular formula is C8H10O3. The molecular weight excluding hydrogens is 144 g/mol. The first-order chi connectivity index (χ1) is 5.20. The minimum Gasteiger partial charge on any atom is -0.467 e. The Kier molecular flexibility index (Phi) is 2.44. The Morgan fingerprint density at radius 2 is 2.55 bits per heavy atom. The second-order valence-corrected chi connectivity index (χ2v) is 2.44. The quantitative estimate of drug-likeness (QED) is 0.713. The standard InChI is InChI=1S/C8H10O3/c1-6(9)5-7(10)8-3-2-4-11-8/h2-4,7,10H,5H2,1H3/t7-/m1/s1. The van der Waals surface area contributed by atoms with Crippen molar-refractivity contribution in [1.82, 2.24) is 0 Å². The summed E-state index contributed by atoms with van der Waals surface area (Å²) >= 11 is 0. The van der Waals surface area contributed by atoms with E-state index in [-0.39, 0.29) is 12.2 Å². The molecule has 0 saturated heterocycles. The number of rotatable bonds is 3. The van der Waals surface area contributed by atoms with E-state index in [1.54, 1.807) is 12.1 Å². The normalized spacial score (nSPS) is 12.9. The van der Waals surface area contributed by atoms with Gasteiger partial charge in [-0.25, -0.2) is 0 Å². The van der Waals surface area contributed by atoms with Gasteiger partial charge < -0.3 is 9.52 Å². The molecule has 11 heavy (non-hydrogen) atoms. The van der Waals surface area contributed by atoms with Gasteiger partial charge in [0, 0.05) is 6.42 Å². The molecule has 0 radical (unpaired) electrons. The molecule has 0 bridgehead atoms. The fraction of sp³-hybridized carbons (Fsp3) is 0.375. The lowest BCUT2D eigenvalue weighted by molar-refractivity contribution is -0.119. The van der Waals surface area contributed by atoms with E-state index < -0.39 is 6.10 Å². The number of Topliss-reactive ketones (excluding diaryl/α,β-unsaturated/α-hetero) is 1. The summed E-state index contributed by atoms with van der Waals surface area (Å²) in [5.74, 6) is 0.397. The minimum atomic E-state index is -0.789. The van der Waals surface area contributed by atoms with Crippen LogP contribution in [-0.2, 0) is 4.79 Å². The van der Waals surface area contributed by atoms with Gasteiger partial charge in [-0.05, 0) is 19.1 Å². The molecule has 60 valence electrons. The highest BCUT2D eigenvalue weighted by Crippen LogP contribution is 2.16. The molecule has 3 nitrogen and oxygen atoms in total. The highest BCUT2D eigenvalue weighted by atomic mass is 16.4. The topological polar surface area (TPSA) is 50.4 Å². The van der Waals surface area contributed by atoms with Gasteiger partial charge in [-0.15, -0.1) is 0 Å². The molecule has 1 aromatic heterocycles. The third-order valence-electron chi connectivity index (χ3n) is 1.35. The van der Waals surface area contributed by atoms with Gasteiger partial charge in [0.1, 0.15) is 17.6 Å². The molecule has 0 aromatic carbocycles. The van der Waals surface area contributed by atoms with Gasteiger partial charge in [-0.3, -0.25) is 4.79 Å². The molecule has 1 N–H and O–H groups in total. The van der Waals surface area contributed by atoms with Gasteiger partial charge in [0.2, 0.25) is 0 Å². The van der Waals surface area contributed by atoms with Gasteiger partial charge in [0.05, 0.1) is 6.26 Å². The van der Waals surface area contributed by atoms with Crippen molar-refractivity contribution in [3.8, 4) is 0 Å². The van der Waals surface area contributed by atoms with Crippen LogP contribution in [-0.4, -0.2) is 10.9 Å². The van der Waals surface area contributed by atoms with Crippen LogP contribution in [0, 0.1) is 0 Å². The van der Waals surface area contributed by atoms with Gasteiger partial charge in [-0.2, -0.15) is 0 Å². The van der Waals surface area contributed by atoms with E-state index in [1.165, 1.54) is 13.2 Å². The molecule has 1 aromatic rings. The van der Waals surface area contributed by atoms with Crippen molar-refractivity contribution < 1.29 is 14.3 Å². The molecule has 0 spiro atoms. The maximum absolute atomic E-state index is 10.5. The summed E-state index contributed by atoms with van der Waals surface area (Å²) < 4.78 is 4.89. The number of carbonyl (C=O) groups is 1. The molecule has 1 rings (SSSR count). The zero-order chi connectivity index (χ0) is 8.27. The third-order valence-corrected chi connectivity index (χ3v) is 1.35. The smallest absolute Gasteiger partial charge is 0.132 e. The molecule has 0 fully saturated rings. The SMILES string of the molecule is CC(=O)C[C@@H](O)c1ccco1. The first kappa shape index (κ1) is 8.01. The van der Waals surface area contributed by atoms with Crippen LogP contribution < -0.4 is 0 Å². The van der Waals surface area contributed by atoms with Crippen molar-refractivity contribution in [1.29, 1.82) is 0 Å². The predicted octanol–water partition coefficient (Wildman–Crippen LogP) is 1.29. The number of hydrogen-bond acceptors (Lipinski definition) is 3. The second kappa shape index (κ2) is 3.34. The van der Waals surface area contributed by atoms with E-state index in [9.17, 15) is 9.90 Å². The van der Waals surface area contributed by atoms with E-state index in [4.69, 9.17) is 4.42 Å². The number of carbonyl (C=O) groups excluding carboxylic acids is 1. The van der Waals surface area contributed by atoms with Crippen LogP contribution in [0.25, 0.3) is 0 Å². The zero-order valence-corrected chi connectivity index (χ0v) is 6.28. The number of furan rings is 1. The summed E-state index contributed by atoms with van der Waals surface area (Å²) in [6.45, 7) is 1.44. The average molecular weight is 154 g/mol. The highest BCUT2D eigenvalue weighted by molar-refractivity contribution is 5.76. The molecule has 0 aliphatic rings. The van der Waals surface area contributed by atoms with Crippen LogP contribution in [0.3, 0.4) is 0 Å². The zero-order valence-electron chi connectivity index (χ0n) is 6.28. The Hall–Kier alpha value is -1.09. The summed E-state index contributed by atoms with van der Waals surface area (Å²) in [6, 6.07) is 3.33. The second-order valence-electron chi connectivity index (χ2n) is 2.44. The first-order valence-electron chi connectivity index (χ1n) is 3.41. The lowest BCUT2D eigenvalue weighted by Crippen LogP contribution is -2.01. The Morgan fingerprint density at radius 1 is 1.82 bits per heavy atom. The van der Waals surface area contributed by atoms with E-state index in [0.29, 0.717) is 5.76 Å². The first-order valence-corrected chi connectivity index (χ1v) is 3.41. The van der Waals surface area contributed by atoms with Crippen molar-refractivity contribution >= 4 is 5.78 Å². The largest absolute Gasteiger partial charge is 0.467 e. The van der Waals surface area contributed by atoms with Crippen molar-refractivity contribution in [3.63, 3.8) is 0 Å². The number of aliphatic hydroxyl groups is 1. The highest BCUT2D eigenvalue weighted by Gasteiger charge is 2.11. The molecule has 0 aliphatic heterocycles. The Morgan fingerprint density at radius 3 is 3.00 bits per heavy atom. The van der Waals surface area contributed by atoms with Crippen LogP contribution in [0.4, 0.5) is 0 Å². The van der Waals surface area contributed by atoms with E-state index >= 15 is 0 Å². The van der Waals surface area contributed by atoms with E-state index in [1.807, 2.05) is 0 Å². The fourth-order valence-electron chi connectivity index (χ4n) is 0.854. The molecule has 0 saturated carbocycles. The molecule has 1 atom stereocenters. The Balaban J connectivity index is 2.56.